The topological polar surface area (TPSA) is 67.6 Å². The van der Waals surface area contributed by atoms with Crippen LogP contribution in [0.1, 0.15) is 0 Å². The van der Waals surface area contributed by atoms with Gasteiger partial charge in [0.05, 0.1) is 4.99 Å². The van der Waals surface area contributed by atoms with Crippen molar-refractivity contribution in [1.29, 1.82) is 0 Å². The molecule has 0 spiro atoms. The quantitative estimate of drug-likeness (QED) is 0.520. The first-order valence-electron chi connectivity index (χ1n) is 5.41. The fraction of sp³-hybridized carbons (Fsp3) is 0. The van der Waals surface area contributed by atoms with E-state index in [9.17, 15) is 4.79 Å². The first-order chi connectivity index (χ1) is 8.84. The highest BCUT2D eigenvalue weighted by Gasteiger charge is 2.04. The minimum atomic E-state index is -0.395. The van der Waals surface area contributed by atoms with E-state index in [0.717, 1.165) is 0 Å². The summed E-state index contributed by atoms with van der Waals surface area (Å²) in [5.74, 6) is 0. The van der Waals surface area contributed by atoms with Gasteiger partial charge < -0.3 is 17.7 Å². The van der Waals surface area contributed by atoms with E-state index in [1.807, 2.05) is 30.4 Å². The third-order valence-corrected chi connectivity index (χ3v) is 2.08. The first-order valence-corrected chi connectivity index (χ1v) is 5.41. The number of halogens is 1. The van der Waals surface area contributed by atoms with Crippen molar-refractivity contribution in [3.8, 4) is 0 Å². The van der Waals surface area contributed by atoms with Crippen molar-refractivity contribution in [3.63, 3.8) is 0 Å². The van der Waals surface area contributed by atoms with Gasteiger partial charge in [0.1, 0.15) is 6.21 Å². The zero-order valence-electron chi connectivity index (χ0n) is 9.95. The number of urea groups is 1. The van der Waals surface area contributed by atoms with Crippen LogP contribution in [0, 0.1) is 0 Å². The van der Waals surface area contributed by atoms with Gasteiger partial charge in [0.15, 0.2) is 0 Å². The largest absolute Gasteiger partial charge is 1.00 e. The summed E-state index contributed by atoms with van der Waals surface area (Å²) in [5.41, 5.74) is 3.75. The summed E-state index contributed by atoms with van der Waals surface area (Å²) in [6.07, 6.45) is 8.58. The molecule has 1 aromatic carbocycles. The molecule has 2 amide bonds. The molecule has 0 aromatic heterocycles. The lowest BCUT2D eigenvalue weighted by molar-refractivity contribution is -0.00000669. The van der Waals surface area contributed by atoms with Gasteiger partial charge in [-0.05, 0) is 18.2 Å². The number of amides is 2. The summed E-state index contributed by atoms with van der Waals surface area (Å²) in [5, 5.41) is 6.43. The van der Waals surface area contributed by atoms with Gasteiger partial charge in [0.2, 0.25) is 6.21 Å². The van der Waals surface area contributed by atoms with Crippen LogP contribution < -0.4 is 28.1 Å². The van der Waals surface area contributed by atoms with Gasteiger partial charge in [-0.15, -0.1) is 0 Å². The molecule has 0 bridgehead atoms. The van der Waals surface area contributed by atoms with E-state index in [1.54, 1.807) is 24.4 Å². The van der Waals surface area contributed by atoms with Gasteiger partial charge in [0.25, 0.3) is 5.70 Å². The minimum Gasteiger partial charge on any atom is -1.00 e. The number of para-hydroxylation sites is 1. The van der Waals surface area contributed by atoms with Crippen LogP contribution in [0.15, 0.2) is 59.4 Å². The van der Waals surface area contributed by atoms with Crippen LogP contribution >= 0.6 is 0 Å². The molecular formula is C13H12ClN4O. The highest BCUT2D eigenvalue weighted by Crippen LogP contribution is 2.03. The van der Waals surface area contributed by atoms with Gasteiger partial charge in [0, 0.05) is 17.8 Å². The predicted octanol–water partition coefficient (Wildman–Crippen LogP) is -1.34. The maximum Gasteiger partial charge on any atom is 0.339 e. The molecule has 5 nitrogen and oxygen atoms in total. The van der Waals surface area contributed by atoms with Gasteiger partial charge in [-0.2, -0.15) is 5.10 Å². The van der Waals surface area contributed by atoms with E-state index in [1.165, 1.54) is 6.21 Å². The Balaban J connectivity index is 0.00000180. The summed E-state index contributed by atoms with van der Waals surface area (Å²) in [7, 11) is 0. The number of allylic oxidation sites excluding steroid dienone is 4. The van der Waals surface area contributed by atoms with Gasteiger partial charge in [-0.25, -0.2) is 10.2 Å². The third kappa shape index (κ3) is 5.18. The molecule has 2 rings (SSSR count). The number of nitrogens with zero attached hydrogens (tertiary/aromatic N) is 2. The van der Waals surface area contributed by atoms with E-state index in [4.69, 9.17) is 0 Å². The second-order valence-corrected chi connectivity index (χ2v) is 3.44. The van der Waals surface area contributed by atoms with E-state index < -0.39 is 6.03 Å². The molecule has 0 saturated carbocycles. The minimum absolute atomic E-state index is 0. The van der Waals surface area contributed by atoms with Gasteiger partial charge in [-0.1, -0.05) is 18.2 Å². The lowest BCUT2D eigenvalue weighted by Gasteiger charge is -2.02. The molecule has 1 heterocycles. The zero-order chi connectivity index (χ0) is 12.6. The molecule has 6 heteroatoms. The summed E-state index contributed by atoms with van der Waals surface area (Å²) in [4.78, 5) is 15.5. The number of rotatable bonds is 3. The second kappa shape index (κ2) is 7.84. The van der Waals surface area contributed by atoms with Crippen molar-refractivity contribution in [3.05, 3.63) is 54.3 Å². The molecular weight excluding hydrogens is 264 g/mol. The molecule has 1 radical (unpaired) electrons. The number of aliphatic imine (C=N–C) groups is 1. The second-order valence-electron chi connectivity index (χ2n) is 3.44. The Morgan fingerprint density at radius 3 is 2.68 bits per heavy atom. The van der Waals surface area contributed by atoms with Crippen LogP contribution in [0.4, 0.5) is 10.5 Å². The number of anilines is 1. The Kier molecular flexibility index (Phi) is 6.05. The predicted molar refractivity (Wildman–Crippen MR) is 72.5 cm³/mol. The Morgan fingerprint density at radius 2 is 2.00 bits per heavy atom. The van der Waals surface area contributed by atoms with Crippen molar-refractivity contribution < 1.29 is 17.2 Å². The summed E-state index contributed by atoms with van der Waals surface area (Å²) in [6, 6.07) is 8.75. The number of hydrazone groups is 1. The highest BCUT2D eigenvalue weighted by molar-refractivity contribution is 5.90. The summed E-state index contributed by atoms with van der Waals surface area (Å²) < 4.78 is 0. The van der Waals surface area contributed by atoms with E-state index in [0.29, 0.717) is 11.4 Å². The molecule has 0 aliphatic carbocycles. The number of hydrogen-bond acceptors (Lipinski definition) is 3. The fourth-order valence-electron chi connectivity index (χ4n) is 1.29. The number of benzene rings is 1. The highest BCUT2D eigenvalue weighted by atomic mass is 35.5. The van der Waals surface area contributed by atoms with Crippen LogP contribution in [0.5, 0.6) is 0 Å². The monoisotopic (exact) mass is 275 g/mol. The number of carbonyl (C=O) groups is 1. The van der Waals surface area contributed by atoms with Crippen LogP contribution in [0.2, 0.25) is 0 Å². The van der Waals surface area contributed by atoms with Crippen LogP contribution in [0.25, 0.3) is 0 Å². The van der Waals surface area contributed by atoms with Crippen LogP contribution in [-0.4, -0.2) is 18.5 Å². The molecule has 1 aromatic rings. The first kappa shape index (κ1) is 14.7. The molecule has 2 N–H and O–H groups in total. The summed E-state index contributed by atoms with van der Waals surface area (Å²) >= 11 is 0. The Morgan fingerprint density at radius 1 is 1.21 bits per heavy atom. The molecule has 0 atom stereocenters. The van der Waals surface area contributed by atoms with Crippen molar-refractivity contribution in [1.82, 2.24) is 10.4 Å². The Bertz CT molecular complexity index is 535. The van der Waals surface area contributed by atoms with Gasteiger partial charge >= 0.3 is 6.03 Å². The molecule has 0 unspecified atom stereocenters. The molecule has 19 heavy (non-hydrogen) atoms. The maximum absolute atomic E-state index is 11.4. The molecule has 1 aliphatic heterocycles. The van der Waals surface area contributed by atoms with E-state index >= 15 is 0 Å². The van der Waals surface area contributed by atoms with Crippen molar-refractivity contribution in [2.75, 3.05) is 5.32 Å². The van der Waals surface area contributed by atoms with Gasteiger partial charge in [-0.3, -0.25) is 0 Å². The van der Waals surface area contributed by atoms with E-state index in [2.05, 4.69) is 20.8 Å². The Labute approximate surface area is 117 Å². The number of nitrogens with one attached hydrogen (secondary N) is 2. The van der Waals surface area contributed by atoms with Crippen molar-refractivity contribution >= 4 is 24.1 Å². The zero-order valence-corrected chi connectivity index (χ0v) is 10.7. The lowest BCUT2D eigenvalue weighted by Crippen LogP contribution is -3.00. The third-order valence-electron chi connectivity index (χ3n) is 2.08. The summed E-state index contributed by atoms with van der Waals surface area (Å²) in [6.45, 7) is 0. The maximum atomic E-state index is 11.4. The molecule has 97 valence electrons. The van der Waals surface area contributed by atoms with Crippen LogP contribution in [-0.2, 0) is 0 Å². The Hall–Kier alpha value is -2.40. The standard InChI is InChI=1S/C13H12N4O.ClH/c18-13(16-11-6-2-1-3-7-11)17-15-10-12-8-4-5-9-14-12;/h1-10H,(H2,16,17,18);1H/q+1;/p-1. The number of hydrogen-bond donors (Lipinski definition) is 2. The molecule has 0 fully saturated rings. The lowest BCUT2D eigenvalue weighted by atomic mass is 10.3. The number of carbonyl (C=O) groups excluding carboxylic acids is 1. The molecule has 0 saturated heterocycles. The fourth-order valence-corrected chi connectivity index (χ4v) is 1.29. The average Bonchev–Trinajstić information content (AvgIpc) is 2.41. The van der Waals surface area contributed by atoms with E-state index in [-0.39, 0.29) is 12.4 Å². The van der Waals surface area contributed by atoms with Crippen LogP contribution in [0.3, 0.4) is 0 Å². The normalized spacial score (nSPS) is 12.7. The van der Waals surface area contributed by atoms with Crippen molar-refractivity contribution in [2.45, 2.75) is 0 Å². The van der Waals surface area contributed by atoms with Crippen molar-refractivity contribution in [2.24, 2.45) is 5.10 Å². The average molecular weight is 276 g/mol. The molecule has 1 aliphatic rings. The smallest absolute Gasteiger partial charge is 0.339 e. The SMILES string of the molecule is O=C(NN=CC1=CC=CC=[N+]1)Nc1ccccc1.[Cl-].